The van der Waals surface area contributed by atoms with Gasteiger partial charge in [-0.1, -0.05) is 49.7 Å². The monoisotopic (exact) mass is 497 g/mol. The molecule has 1 N–H and O–H groups in total. The molecule has 33 heavy (non-hydrogen) atoms. The standard InChI is InChI=1S/C23H29ClFN3O4S/c1-16(2)13-26-23(30)17(3)27(14-18-8-7-9-19(24)12-18)22(29)15-28(33(4,31)32)21-11-6-5-10-20(21)25/h5-12,16-17H,13-15H2,1-4H3,(H,26,30)/t17-/m1/s1. The maximum Gasteiger partial charge on any atom is 0.244 e. The second kappa shape index (κ2) is 11.5. The first-order valence-corrected chi connectivity index (χ1v) is 12.7. The second-order valence-corrected chi connectivity index (χ2v) is 10.5. The van der Waals surface area contributed by atoms with Crippen molar-refractivity contribution in [1.29, 1.82) is 0 Å². The van der Waals surface area contributed by atoms with E-state index in [1.54, 1.807) is 31.2 Å². The lowest BCUT2D eigenvalue weighted by atomic mass is 10.1. The van der Waals surface area contributed by atoms with Crippen LogP contribution in [0.25, 0.3) is 0 Å². The molecule has 0 saturated heterocycles. The zero-order valence-corrected chi connectivity index (χ0v) is 20.7. The van der Waals surface area contributed by atoms with Gasteiger partial charge < -0.3 is 10.2 Å². The van der Waals surface area contributed by atoms with E-state index in [9.17, 15) is 22.4 Å². The molecule has 180 valence electrons. The van der Waals surface area contributed by atoms with Gasteiger partial charge in [0.25, 0.3) is 0 Å². The van der Waals surface area contributed by atoms with Gasteiger partial charge in [-0.15, -0.1) is 0 Å². The van der Waals surface area contributed by atoms with Crippen molar-refractivity contribution in [1.82, 2.24) is 10.2 Å². The summed E-state index contributed by atoms with van der Waals surface area (Å²) in [4.78, 5) is 27.3. The maximum atomic E-state index is 14.4. The van der Waals surface area contributed by atoms with E-state index >= 15 is 0 Å². The summed E-state index contributed by atoms with van der Waals surface area (Å²) in [5.41, 5.74) is 0.420. The molecular formula is C23H29ClFN3O4S. The fourth-order valence-corrected chi connectivity index (χ4v) is 4.18. The van der Waals surface area contributed by atoms with Gasteiger partial charge in [0.1, 0.15) is 18.4 Å². The highest BCUT2D eigenvalue weighted by molar-refractivity contribution is 7.92. The number of benzene rings is 2. The number of sulfonamides is 1. The number of nitrogens with one attached hydrogen (secondary N) is 1. The average molecular weight is 498 g/mol. The zero-order valence-electron chi connectivity index (χ0n) is 19.1. The molecule has 0 spiro atoms. The van der Waals surface area contributed by atoms with Crippen LogP contribution in [0.2, 0.25) is 5.02 Å². The second-order valence-electron chi connectivity index (χ2n) is 8.19. The Morgan fingerprint density at radius 1 is 1.09 bits per heavy atom. The lowest BCUT2D eigenvalue weighted by Crippen LogP contribution is -2.51. The molecule has 2 aromatic carbocycles. The minimum Gasteiger partial charge on any atom is -0.354 e. The van der Waals surface area contributed by atoms with Crippen molar-refractivity contribution in [2.45, 2.75) is 33.4 Å². The Bertz CT molecular complexity index is 1090. The van der Waals surface area contributed by atoms with E-state index in [-0.39, 0.29) is 24.1 Å². The minimum absolute atomic E-state index is 0.0184. The lowest BCUT2D eigenvalue weighted by molar-refractivity contribution is -0.139. The number of rotatable bonds is 10. The zero-order chi connectivity index (χ0) is 24.8. The number of carbonyl (C=O) groups is 2. The largest absolute Gasteiger partial charge is 0.354 e. The van der Waals surface area contributed by atoms with E-state index in [0.717, 1.165) is 12.3 Å². The molecule has 10 heteroatoms. The molecule has 0 radical (unpaired) electrons. The van der Waals surface area contributed by atoms with Crippen LogP contribution in [0.1, 0.15) is 26.3 Å². The number of para-hydroxylation sites is 1. The summed E-state index contributed by atoms with van der Waals surface area (Å²) in [5, 5.41) is 3.25. The molecule has 2 amide bonds. The van der Waals surface area contributed by atoms with Crippen LogP contribution < -0.4 is 9.62 Å². The van der Waals surface area contributed by atoms with Gasteiger partial charge in [-0.05, 0) is 42.7 Å². The predicted molar refractivity (Wildman–Crippen MR) is 128 cm³/mol. The van der Waals surface area contributed by atoms with Crippen molar-refractivity contribution in [3.05, 3.63) is 64.9 Å². The first-order chi connectivity index (χ1) is 15.4. The van der Waals surface area contributed by atoms with Gasteiger partial charge >= 0.3 is 0 Å². The van der Waals surface area contributed by atoms with Gasteiger partial charge in [-0.2, -0.15) is 0 Å². The van der Waals surface area contributed by atoms with Crippen molar-refractivity contribution < 1.29 is 22.4 Å². The number of hydrogen-bond acceptors (Lipinski definition) is 4. The molecule has 0 bridgehead atoms. The predicted octanol–water partition coefficient (Wildman–Crippen LogP) is 3.43. The molecule has 0 fully saturated rings. The number of hydrogen-bond donors (Lipinski definition) is 1. The molecule has 2 aromatic rings. The smallest absolute Gasteiger partial charge is 0.244 e. The molecule has 1 atom stereocenters. The summed E-state index contributed by atoms with van der Waals surface area (Å²) in [7, 11) is -3.99. The van der Waals surface area contributed by atoms with Crippen molar-refractivity contribution in [2.75, 3.05) is 23.7 Å². The van der Waals surface area contributed by atoms with Crippen molar-refractivity contribution in [2.24, 2.45) is 5.92 Å². The third-order valence-corrected chi connectivity index (χ3v) is 6.26. The highest BCUT2D eigenvalue weighted by atomic mass is 35.5. The fourth-order valence-electron chi connectivity index (χ4n) is 3.12. The van der Waals surface area contributed by atoms with Crippen LogP contribution in [0.15, 0.2) is 48.5 Å². The molecule has 0 aliphatic heterocycles. The molecule has 0 heterocycles. The van der Waals surface area contributed by atoms with E-state index < -0.39 is 34.3 Å². The molecular weight excluding hydrogens is 469 g/mol. The Labute approximate surface area is 199 Å². The third-order valence-electron chi connectivity index (χ3n) is 4.89. The number of nitrogens with zero attached hydrogens (tertiary/aromatic N) is 2. The van der Waals surface area contributed by atoms with Crippen LogP contribution >= 0.6 is 11.6 Å². The molecule has 0 saturated carbocycles. The van der Waals surface area contributed by atoms with Crippen LogP contribution in [0.5, 0.6) is 0 Å². The first-order valence-electron chi connectivity index (χ1n) is 10.4. The van der Waals surface area contributed by atoms with Gasteiger partial charge in [0.15, 0.2) is 0 Å². The van der Waals surface area contributed by atoms with E-state index in [2.05, 4.69) is 5.32 Å². The van der Waals surface area contributed by atoms with E-state index in [0.29, 0.717) is 21.4 Å². The Hall–Kier alpha value is -2.65. The molecule has 0 unspecified atom stereocenters. The highest BCUT2D eigenvalue weighted by Gasteiger charge is 2.31. The number of carbonyl (C=O) groups excluding carboxylic acids is 2. The first kappa shape index (κ1) is 26.6. The normalized spacial score (nSPS) is 12.3. The Kier molecular flexibility index (Phi) is 9.25. The van der Waals surface area contributed by atoms with E-state index in [4.69, 9.17) is 11.6 Å². The third kappa shape index (κ3) is 7.71. The van der Waals surface area contributed by atoms with Gasteiger partial charge in [0.2, 0.25) is 21.8 Å². The van der Waals surface area contributed by atoms with Crippen LogP contribution in [0.3, 0.4) is 0 Å². The summed E-state index contributed by atoms with van der Waals surface area (Å²) in [6.07, 6.45) is 0.896. The van der Waals surface area contributed by atoms with Crippen molar-refractivity contribution >= 4 is 39.1 Å². The summed E-state index contributed by atoms with van der Waals surface area (Å²) in [5.74, 6) is -1.61. The topological polar surface area (TPSA) is 86.8 Å². The van der Waals surface area contributed by atoms with Gasteiger partial charge in [0, 0.05) is 18.1 Å². The number of halogens is 2. The molecule has 0 aliphatic carbocycles. The number of amides is 2. The van der Waals surface area contributed by atoms with Crippen LogP contribution in [-0.2, 0) is 26.2 Å². The Balaban J connectivity index is 2.38. The van der Waals surface area contributed by atoms with Crippen LogP contribution in [0, 0.1) is 11.7 Å². The van der Waals surface area contributed by atoms with Crippen molar-refractivity contribution in [3.63, 3.8) is 0 Å². The summed E-state index contributed by atoms with van der Waals surface area (Å²) in [6.45, 7) is 5.22. The maximum absolute atomic E-state index is 14.4. The molecule has 7 nitrogen and oxygen atoms in total. The van der Waals surface area contributed by atoms with Gasteiger partial charge in [-0.3, -0.25) is 13.9 Å². The molecule has 0 aliphatic rings. The number of anilines is 1. The van der Waals surface area contributed by atoms with Crippen molar-refractivity contribution in [3.8, 4) is 0 Å². The molecule has 0 aromatic heterocycles. The Morgan fingerprint density at radius 2 is 1.76 bits per heavy atom. The highest BCUT2D eigenvalue weighted by Crippen LogP contribution is 2.22. The van der Waals surface area contributed by atoms with Gasteiger partial charge in [-0.25, -0.2) is 12.8 Å². The van der Waals surface area contributed by atoms with Gasteiger partial charge in [0.05, 0.1) is 11.9 Å². The van der Waals surface area contributed by atoms with Crippen LogP contribution in [0.4, 0.5) is 10.1 Å². The SMILES string of the molecule is CC(C)CNC(=O)[C@@H](C)N(Cc1cccc(Cl)c1)C(=O)CN(c1ccccc1F)S(C)(=O)=O. The lowest BCUT2D eigenvalue weighted by Gasteiger charge is -2.31. The molecule has 2 rings (SSSR count). The summed E-state index contributed by atoms with van der Waals surface area (Å²) in [6, 6.07) is 11.2. The fraction of sp³-hybridized carbons (Fsp3) is 0.391. The average Bonchev–Trinajstić information content (AvgIpc) is 2.73. The van der Waals surface area contributed by atoms with E-state index in [1.807, 2.05) is 13.8 Å². The van der Waals surface area contributed by atoms with Crippen LogP contribution in [-0.4, -0.2) is 50.5 Å². The Morgan fingerprint density at radius 3 is 2.33 bits per heavy atom. The summed E-state index contributed by atoms with van der Waals surface area (Å²) >= 11 is 6.06. The summed E-state index contributed by atoms with van der Waals surface area (Å²) < 4.78 is 39.9. The quantitative estimate of drug-likeness (QED) is 0.544. The minimum atomic E-state index is -3.99. The van der Waals surface area contributed by atoms with E-state index in [1.165, 1.54) is 23.1 Å².